The third-order valence-electron chi connectivity index (χ3n) is 5.97. The number of nitrogens with zero attached hydrogens (tertiary/aromatic N) is 2. The van der Waals surface area contributed by atoms with Crippen molar-refractivity contribution in [3.63, 3.8) is 0 Å². The largest absolute Gasteiger partial charge is 0.495 e. The quantitative estimate of drug-likeness (QED) is 0.333. The molecule has 11 heteroatoms. The van der Waals surface area contributed by atoms with Gasteiger partial charge in [0.1, 0.15) is 18.3 Å². The van der Waals surface area contributed by atoms with Gasteiger partial charge in [0, 0.05) is 24.5 Å². The Bertz CT molecular complexity index is 1400. The van der Waals surface area contributed by atoms with Crippen molar-refractivity contribution in [3.8, 4) is 5.75 Å². The molecule has 0 aliphatic heterocycles. The molecule has 8 nitrogen and oxygen atoms in total. The minimum absolute atomic E-state index is 0.0367. The lowest BCUT2D eigenvalue weighted by Gasteiger charge is -2.33. The summed E-state index contributed by atoms with van der Waals surface area (Å²) in [5, 5.41) is 3.48. The monoisotopic (exact) mass is 591 g/mol. The molecular weight excluding hydrogens is 561 g/mol. The summed E-state index contributed by atoms with van der Waals surface area (Å²) < 4.78 is 31.8. The Balaban J connectivity index is 2.05. The van der Waals surface area contributed by atoms with E-state index in [0.717, 1.165) is 16.1 Å². The Morgan fingerprint density at radius 3 is 2.26 bits per heavy atom. The van der Waals surface area contributed by atoms with Crippen LogP contribution in [-0.4, -0.2) is 57.6 Å². The summed E-state index contributed by atoms with van der Waals surface area (Å²) in [5.41, 5.74) is 1.73. The molecule has 0 radical (unpaired) electrons. The molecule has 0 unspecified atom stereocenters. The smallest absolute Gasteiger partial charge is 0.244 e. The van der Waals surface area contributed by atoms with E-state index >= 15 is 0 Å². The minimum Gasteiger partial charge on any atom is -0.495 e. The minimum atomic E-state index is -3.91. The number of carbonyl (C=O) groups is 2. The number of hydrogen-bond acceptors (Lipinski definition) is 5. The van der Waals surface area contributed by atoms with Crippen LogP contribution in [0.25, 0.3) is 0 Å². The number of halogens is 2. The molecule has 3 aromatic rings. The number of rotatable bonds is 12. The first kappa shape index (κ1) is 30.3. The van der Waals surface area contributed by atoms with Crippen LogP contribution in [0.1, 0.15) is 18.1 Å². The Labute approximate surface area is 239 Å². The number of hydrogen-bond donors (Lipinski definition) is 1. The lowest BCUT2D eigenvalue weighted by Crippen LogP contribution is -2.53. The highest BCUT2D eigenvalue weighted by Gasteiger charge is 2.33. The number of amides is 2. The third kappa shape index (κ3) is 8.36. The zero-order valence-corrected chi connectivity index (χ0v) is 24.3. The number of anilines is 1. The summed E-state index contributed by atoms with van der Waals surface area (Å²) in [5.74, 6) is -0.559. The van der Waals surface area contributed by atoms with Crippen molar-refractivity contribution < 1.29 is 22.7 Å². The number of nitrogens with one attached hydrogen (secondary N) is 1. The summed E-state index contributed by atoms with van der Waals surface area (Å²) in [4.78, 5) is 28.7. The number of ether oxygens (including phenoxy) is 1. The second-order valence-corrected chi connectivity index (χ2v) is 11.6. The van der Waals surface area contributed by atoms with E-state index in [-0.39, 0.29) is 29.6 Å². The van der Waals surface area contributed by atoms with Gasteiger partial charge in [0.25, 0.3) is 0 Å². The van der Waals surface area contributed by atoms with Crippen molar-refractivity contribution in [2.75, 3.05) is 30.8 Å². The van der Waals surface area contributed by atoms with Gasteiger partial charge in [-0.2, -0.15) is 0 Å². The number of likely N-dealkylation sites (N-methyl/N-ethyl adjacent to an activating group) is 1. The van der Waals surface area contributed by atoms with Crippen LogP contribution in [0.3, 0.4) is 0 Å². The van der Waals surface area contributed by atoms with E-state index in [1.165, 1.54) is 30.2 Å². The highest BCUT2D eigenvalue weighted by atomic mass is 35.5. The van der Waals surface area contributed by atoms with Crippen molar-refractivity contribution in [1.82, 2.24) is 10.2 Å². The van der Waals surface area contributed by atoms with Crippen LogP contribution in [0.4, 0.5) is 5.69 Å². The first-order valence-electron chi connectivity index (χ1n) is 12.2. The molecule has 0 aliphatic rings. The molecule has 3 rings (SSSR count). The average molecular weight is 593 g/mol. The standard InChI is InChI=1S/C28H31Cl2N3O5S/c1-4-31-28(35)25(16-20-9-6-5-7-10-20)32(18-21-11-8-12-22(29)15-21)27(34)19-33(39(3,36)37)23-13-14-26(38-2)24(30)17-23/h5-15,17,25H,4,16,18-19H2,1-3H3,(H,31,35)/t25-/m0/s1. The highest BCUT2D eigenvalue weighted by Crippen LogP contribution is 2.30. The van der Waals surface area contributed by atoms with Gasteiger partial charge in [-0.1, -0.05) is 65.7 Å². The van der Waals surface area contributed by atoms with E-state index < -0.39 is 28.5 Å². The number of benzene rings is 3. The fourth-order valence-electron chi connectivity index (χ4n) is 4.10. The number of methoxy groups -OCH3 is 1. The van der Waals surface area contributed by atoms with Gasteiger partial charge in [-0.25, -0.2) is 8.42 Å². The van der Waals surface area contributed by atoms with Crippen LogP contribution in [-0.2, 0) is 32.6 Å². The summed E-state index contributed by atoms with van der Waals surface area (Å²) >= 11 is 12.5. The third-order valence-corrected chi connectivity index (χ3v) is 7.64. The normalized spacial score (nSPS) is 11.9. The maximum absolute atomic E-state index is 14.0. The van der Waals surface area contributed by atoms with Gasteiger partial charge in [-0.05, 0) is 48.4 Å². The van der Waals surface area contributed by atoms with Crippen LogP contribution in [0.5, 0.6) is 5.75 Å². The molecule has 0 aromatic heterocycles. The summed E-state index contributed by atoms with van der Waals surface area (Å²) in [6, 6.07) is 19.8. The molecule has 0 spiro atoms. The van der Waals surface area contributed by atoms with Gasteiger partial charge in [-0.15, -0.1) is 0 Å². The maximum atomic E-state index is 14.0. The fraction of sp³-hybridized carbons (Fsp3) is 0.286. The number of carbonyl (C=O) groups excluding carboxylic acids is 2. The van der Waals surface area contributed by atoms with E-state index in [9.17, 15) is 18.0 Å². The molecule has 0 bridgehead atoms. The fourth-order valence-corrected chi connectivity index (χ4v) is 5.41. The molecule has 0 aliphatic carbocycles. The summed E-state index contributed by atoms with van der Waals surface area (Å²) in [7, 11) is -2.47. The molecule has 3 aromatic carbocycles. The lowest BCUT2D eigenvalue weighted by atomic mass is 10.0. The van der Waals surface area contributed by atoms with Gasteiger partial charge in [0.2, 0.25) is 21.8 Å². The van der Waals surface area contributed by atoms with E-state index in [0.29, 0.717) is 22.9 Å². The molecule has 0 heterocycles. The van der Waals surface area contributed by atoms with E-state index in [4.69, 9.17) is 27.9 Å². The molecule has 0 saturated heterocycles. The van der Waals surface area contributed by atoms with Crippen LogP contribution in [0, 0.1) is 0 Å². The molecule has 208 valence electrons. The van der Waals surface area contributed by atoms with Gasteiger partial charge in [0.15, 0.2) is 0 Å². The zero-order chi connectivity index (χ0) is 28.6. The van der Waals surface area contributed by atoms with Crippen LogP contribution in [0.15, 0.2) is 72.8 Å². The maximum Gasteiger partial charge on any atom is 0.244 e. The highest BCUT2D eigenvalue weighted by molar-refractivity contribution is 7.92. The van der Waals surface area contributed by atoms with E-state index in [1.54, 1.807) is 31.2 Å². The second kappa shape index (κ2) is 13.7. The van der Waals surface area contributed by atoms with Crippen LogP contribution >= 0.6 is 23.2 Å². The Morgan fingerprint density at radius 1 is 0.974 bits per heavy atom. The second-order valence-electron chi connectivity index (χ2n) is 8.84. The molecular formula is C28H31Cl2N3O5S. The first-order chi connectivity index (χ1) is 18.5. The van der Waals surface area contributed by atoms with Gasteiger partial charge in [0.05, 0.1) is 24.1 Å². The summed E-state index contributed by atoms with van der Waals surface area (Å²) in [6.45, 7) is 1.64. The topological polar surface area (TPSA) is 96.0 Å². The van der Waals surface area contributed by atoms with Gasteiger partial charge < -0.3 is 15.0 Å². The predicted molar refractivity (Wildman–Crippen MR) is 155 cm³/mol. The van der Waals surface area contributed by atoms with Crippen molar-refractivity contribution in [2.45, 2.75) is 25.9 Å². The van der Waals surface area contributed by atoms with Crippen molar-refractivity contribution >= 4 is 50.7 Å². The molecule has 39 heavy (non-hydrogen) atoms. The molecule has 0 saturated carbocycles. The molecule has 0 fully saturated rings. The first-order valence-corrected chi connectivity index (χ1v) is 14.8. The number of sulfonamides is 1. The predicted octanol–water partition coefficient (Wildman–Crippen LogP) is 4.54. The lowest BCUT2D eigenvalue weighted by molar-refractivity contribution is -0.140. The molecule has 2 amide bonds. The van der Waals surface area contributed by atoms with Gasteiger partial charge in [-0.3, -0.25) is 13.9 Å². The van der Waals surface area contributed by atoms with E-state index in [2.05, 4.69) is 5.32 Å². The summed E-state index contributed by atoms with van der Waals surface area (Å²) in [6.07, 6.45) is 1.23. The Hall–Kier alpha value is -3.27. The molecule has 1 N–H and O–H groups in total. The van der Waals surface area contributed by atoms with Crippen molar-refractivity contribution in [2.24, 2.45) is 0 Å². The van der Waals surface area contributed by atoms with E-state index in [1.807, 2.05) is 30.3 Å². The Kier molecular flexibility index (Phi) is 10.6. The molecule has 1 atom stereocenters. The van der Waals surface area contributed by atoms with Gasteiger partial charge >= 0.3 is 0 Å². The Morgan fingerprint density at radius 2 is 1.67 bits per heavy atom. The zero-order valence-electron chi connectivity index (χ0n) is 21.9. The average Bonchev–Trinajstić information content (AvgIpc) is 2.89. The SMILES string of the molecule is CCNC(=O)[C@H](Cc1ccccc1)N(Cc1cccc(Cl)c1)C(=O)CN(c1ccc(OC)c(Cl)c1)S(C)(=O)=O. The van der Waals surface area contributed by atoms with Crippen molar-refractivity contribution in [3.05, 3.63) is 94.0 Å². The van der Waals surface area contributed by atoms with Crippen LogP contribution in [0.2, 0.25) is 10.0 Å². The van der Waals surface area contributed by atoms with Crippen LogP contribution < -0.4 is 14.4 Å². The van der Waals surface area contributed by atoms with Crippen molar-refractivity contribution in [1.29, 1.82) is 0 Å².